The summed E-state index contributed by atoms with van der Waals surface area (Å²) < 4.78 is 0. The van der Waals surface area contributed by atoms with Gasteiger partial charge in [0.25, 0.3) is 0 Å². The van der Waals surface area contributed by atoms with E-state index in [4.69, 9.17) is 0 Å². The van der Waals surface area contributed by atoms with Crippen molar-refractivity contribution in [2.75, 3.05) is 0 Å². The molecule has 2 aromatic rings. The molecule has 3 rings (SSSR count). The van der Waals surface area contributed by atoms with Gasteiger partial charge in [-0.2, -0.15) is 0 Å². The van der Waals surface area contributed by atoms with Crippen LogP contribution in [-0.4, -0.2) is 10.1 Å². The maximum atomic E-state index is 11.3. The summed E-state index contributed by atoms with van der Waals surface area (Å²) in [5.41, 5.74) is 2.40. The fourth-order valence-electron chi connectivity index (χ4n) is 3.35. The second-order valence-electron chi connectivity index (χ2n) is 5.82. The van der Waals surface area contributed by atoms with Crippen molar-refractivity contribution in [3.63, 3.8) is 0 Å². The molecule has 1 aliphatic carbocycles. The highest BCUT2D eigenvalue weighted by molar-refractivity contribution is 5.31. The molecule has 0 radical (unpaired) electrons. The minimum atomic E-state index is -0.777. The number of aliphatic hydroxyl groups is 1. The highest BCUT2D eigenvalue weighted by atomic mass is 16.3. The van der Waals surface area contributed by atoms with Gasteiger partial charge in [0.2, 0.25) is 0 Å². The van der Waals surface area contributed by atoms with Crippen molar-refractivity contribution in [1.82, 2.24) is 4.98 Å². The van der Waals surface area contributed by atoms with Crippen LogP contribution in [0.1, 0.15) is 48.4 Å². The van der Waals surface area contributed by atoms with Gasteiger partial charge in [-0.25, -0.2) is 0 Å². The maximum absolute atomic E-state index is 11.3. The highest BCUT2D eigenvalue weighted by Gasteiger charge is 2.41. The molecule has 104 valence electrons. The molecular weight excluding hydrogens is 246 g/mol. The van der Waals surface area contributed by atoms with Gasteiger partial charge in [0.1, 0.15) is 0 Å². The lowest BCUT2D eigenvalue weighted by Gasteiger charge is -2.40. The first-order valence-corrected chi connectivity index (χ1v) is 7.40. The molecule has 1 heterocycles. The molecule has 1 saturated carbocycles. The predicted molar refractivity (Wildman–Crippen MR) is 80.5 cm³/mol. The summed E-state index contributed by atoms with van der Waals surface area (Å²) in [6.07, 6.45) is 5.96. The molecule has 2 nitrogen and oxygen atoms in total. The quantitative estimate of drug-likeness (QED) is 0.894. The van der Waals surface area contributed by atoms with Gasteiger partial charge in [0.05, 0.1) is 5.60 Å². The van der Waals surface area contributed by atoms with Crippen LogP contribution in [0, 0.1) is 6.92 Å². The summed E-state index contributed by atoms with van der Waals surface area (Å²) in [5, 5.41) is 11.3. The van der Waals surface area contributed by atoms with E-state index in [1.807, 2.05) is 31.3 Å². The molecule has 1 aromatic heterocycles. The van der Waals surface area contributed by atoms with E-state index >= 15 is 0 Å². The Balaban J connectivity index is 2.01. The second kappa shape index (κ2) is 5.37. The summed E-state index contributed by atoms with van der Waals surface area (Å²) in [6, 6.07) is 14.4. The zero-order chi connectivity index (χ0) is 14.0. The molecule has 2 atom stereocenters. The van der Waals surface area contributed by atoms with Gasteiger partial charge < -0.3 is 5.11 Å². The lowest BCUT2D eigenvalue weighted by molar-refractivity contribution is -0.0227. The van der Waals surface area contributed by atoms with Crippen LogP contribution in [0.5, 0.6) is 0 Å². The Labute approximate surface area is 120 Å². The number of hydrogen-bond donors (Lipinski definition) is 1. The van der Waals surface area contributed by atoms with Gasteiger partial charge in [-0.1, -0.05) is 49.2 Å². The van der Waals surface area contributed by atoms with Crippen LogP contribution in [0.4, 0.5) is 0 Å². The molecule has 1 aromatic carbocycles. The number of aromatic nitrogens is 1. The molecular formula is C18H21NO. The van der Waals surface area contributed by atoms with Crippen LogP contribution in [0.15, 0.2) is 48.7 Å². The number of aryl methyl sites for hydroxylation is 1. The topological polar surface area (TPSA) is 33.1 Å². The largest absolute Gasteiger partial charge is 0.384 e. The Morgan fingerprint density at radius 3 is 2.60 bits per heavy atom. The van der Waals surface area contributed by atoms with Crippen molar-refractivity contribution in [2.45, 2.75) is 44.1 Å². The normalized spacial score (nSPS) is 26.4. The standard InChI is InChI=1S/C18H21NO/c1-14-10-11-16(13-19-14)18(20)12-6-5-9-17(18)15-7-3-2-4-8-15/h2-4,7-8,10-11,13,17,20H,5-6,9,12H2,1H3. The number of benzene rings is 1. The zero-order valence-corrected chi connectivity index (χ0v) is 11.9. The minimum absolute atomic E-state index is 0.168. The van der Waals surface area contributed by atoms with Crippen LogP contribution in [0.2, 0.25) is 0 Å². The lowest BCUT2D eigenvalue weighted by atomic mass is 9.69. The summed E-state index contributed by atoms with van der Waals surface area (Å²) in [5.74, 6) is 0.168. The van der Waals surface area contributed by atoms with Crippen molar-refractivity contribution in [3.8, 4) is 0 Å². The molecule has 0 bridgehead atoms. The Morgan fingerprint density at radius 2 is 1.90 bits per heavy atom. The van der Waals surface area contributed by atoms with Gasteiger partial charge in [-0.15, -0.1) is 0 Å². The highest BCUT2D eigenvalue weighted by Crippen LogP contribution is 2.47. The van der Waals surface area contributed by atoms with E-state index in [0.29, 0.717) is 0 Å². The first-order chi connectivity index (χ1) is 9.70. The SMILES string of the molecule is Cc1ccc(C2(O)CCCCC2c2ccccc2)cn1. The van der Waals surface area contributed by atoms with Crippen molar-refractivity contribution in [2.24, 2.45) is 0 Å². The first-order valence-electron chi connectivity index (χ1n) is 7.40. The third-order valence-electron chi connectivity index (χ3n) is 4.49. The van der Waals surface area contributed by atoms with Gasteiger partial charge >= 0.3 is 0 Å². The molecule has 0 saturated heterocycles. The van der Waals surface area contributed by atoms with E-state index in [1.165, 1.54) is 12.0 Å². The predicted octanol–water partition coefficient (Wildman–Crippen LogP) is 3.94. The van der Waals surface area contributed by atoms with Crippen molar-refractivity contribution < 1.29 is 5.11 Å². The molecule has 1 N–H and O–H groups in total. The average Bonchev–Trinajstić information content (AvgIpc) is 2.49. The molecule has 0 spiro atoms. The van der Waals surface area contributed by atoms with Gasteiger partial charge in [-0.05, 0) is 31.4 Å². The van der Waals surface area contributed by atoms with Crippen LogP contribution in [-0.2, 0) is 5.60 Å². The van der Waals surface area contributed by atoms with E-state index in [1.54, 1.807) is 0 Å². The van der Waals surface area contributed by atoms with Gasteiger partial charge in [0.15, 0.2) is 0 Å². The van der Waals surface area contributed by atoms with Crippen LogP contribution < -0.4 is 0 Å². The van der Waals surface area contributed by atoms with Gasteiger partial charge in [-0.3, -0.25) is 4.98 Å². The zero-order valence-electron chi connectivity index (χ0n) is 11.9. The Kier molecular flexibility index (Phi) is 3.58. The van der Waals surface area contributed by atoms with E-state index in [-0.39, 0.29) is 5.92 Å². The monoisotopic (exact) mass is 267 g/mol. The van der Waals surface area contributed by atoms with Crippen molar-refractivity contribution >= 4 is 0 Å². The van der Waals surface area contributed by atoms with Crippen molar-refractivity contribution in [3.05, 3.63) is 65.5 Å². The van der Waals surface area contributed by atoms with Crippen LogP contribution in [0.25, 0.3) is 0 Å². The average molecular weight is 267 g/mol. The van der Waals surface area contributed by atoms with E-state index in [9.17, 15) is 5.11 Å². The van der Waals surface area contributed by atoms with Gasteiger partial charge in [0, 0.05) is 23.4 Å². The number of pyridine rings is 1. The molecule has 20 heavy (non-hydrogen) atoms. The number of hydrogen-bond acceptors (Lipinski definition) is 2. The minimum Gasteiger partial charge on any atom is -0.384 e. The Bertz CT molecular complexity index is 564. The van der Waals surface area contributed by atoms with E-state index in [2.05, 4.69) is 29.2 Å². The maximum Gasteiger partial charge on any atom is 0.0979 e. The lowest BCUT2D eigenvalue weighted by Crippen LogP contribution is -2.36. The fourth-order valence-corrected chi connectivity index (χ4v) is 3.35. The van der Waals surface area contributed by atoms with Crippen LogP contribution in [0.3, 0.4) is 0 Å². The molecule has 0 amide bonds. The van der Waals surface area contributed by atoms with Crippen LogP contribution >= 0.6 is 0 Å². The summed E-state index contributed by atoms with van der Waals surface area (Å²) in [4.78, 5) is 4.37. The second-order valence-corrected chi connectivity index (χ2v) is 5.82. The summed E-state index contributed by atoms with van der Waals surface area (Å²) >= 11 is 0. The fraction of sp³-hybridized carbons (Fsp3) is 0.389. The summed E-state index contributed by atoms with van der Waals surface area (Å²) in [6.45, 7) is 1.98. The number of rotatable bonds is 2. The first kappa shape index (κ1) is 13.3. The Hall–Kier alpha value is -1.67. The van der Waals surface area contributed by atoms with Crippen molar-refractivity contribution in [1.29, 1.82) is 0 Å². The van der Waals surface area contributed by atoms with E-state index < -0.39 is 5.60 Å². The Morgan fingerprint density at radius 1 is 1.10 bits per heavy atom. The third-order valence-corrected chi connectivity index (χ3v) is 4.49. The third kappa shape index (κ3) is 2.36. The number of nitrogens with zero attached hydrogens (tertiary/aromatic N) is 1. The molecule has 2 heteroatoms. The van der Waals surface area contributed by atoms with E-state index in [0.717, 1.165) is 30.5 Å². The molecule has 2 unspecified atom stereocenters. The smallest absolute Gasteiger partial charge is 0.0979 e. The summed E-state index contributed by atoms with van der Waals surface area (Å²) in [7, 11) is 0. The molecule has 0 aliphatic heterocycles. The molecule has 1 aliphatic rings. The molecule has 1 fully saturated rings.